The number of para-hydroxylation sites is 1. The highest BCUT2D eigenvalue weighted by atomic mass is 19.1. The van der Waals surface area contributed by atoms with Gasteiger partial charge in [-0.3, -0.25) is 0 Å². The van der Waals surface area contributed by atoms with Gasteiger partial charge in [0.15, 0.2) is 0 Å². The SMILES string of the molecule is CCC(Nc1ccc(F)cc1F)c1ccccc1OC. The first-order valence-corrected chi connectivity index (χ1v) is 6.50. The molecule has 4 heteroatoms. The molecule has 106 valence electrons. The van der Waals surface area contributed by atoms with E-state index in [0.29, 0.717) is 0 Å². The number of anilines is 1. The highest BCUT2D eigenvalue weighted by Gasteiger charge is 2.15. The molecule has 2 rings (SSSR count). The Morgan fingerprint density at radius 1 is 1.15 bits per heavy atom. The van der Waals surface area contributed by atoms with Gasteiger partial charge in [0, 0.05) is 11.6 Å². The Morgan fingerprint density at radius 2 is 1.90 bits per heavy atom. The molecule has 0 spiro atoms. The van der Waals surface area contributed by atoms with Crippen LogP contribution in [0, 0.1) is 11.6 Å². The molecule has 0 radical (unpaired) electrons. The number of methoxy groups -OCH3 is 1. The van der Waals surface area contributed by atoms with Crippen molar-refractivity contribution in [2.75, 3.05) is 12.4 Å². The van der Waals surface area contributed by atoms with E-state index in [2.05, 4.69) is 5.32 Å². The van der Waals surface area contributed by atoms with Crippen molar-refractivity contribution in [3.8, 4) is 5.75 Å². The van der Waals surface area contributed by atoms with E-state index < -0.39 is 11.6 Å². The first-order valence-electron chi connectivity index (χ1n) is 6.50. The van der Waals surface area contributed by atoms with Crippen molar-refractivity contribution in [3.05, 3.63) is 59.7 Å². The number of benzene rings is 2. The molecule has 0 bridgehead atoms. The second-order valence-corrected chi connectivity index (χ2v) is 4.47. The maximum Gasteiger partial charge on any atom is 0.149 e. The maximum absolute atomic E-state index is 13.7. The Morgan fingerprint density at radius 3 is 2.55 bits per heavy atom. The van der Waals surface area contributed by atoms with Gasteiger partial charge in [-0.05, 0) is 24.6 Å². The molecule has 0 aromatic heterocycles. The lowest BCUT2D eigenvalue weighted by molar-refractivity contribution is 0.406. The molecule has 20 heavy (non-hydrogen) atoms. The zero-order valence-corrected chi connectivity index (χ0v) is 11.5. The minimum atomic E-state index is -0.599. The molecule has 0 aliphatic carbocycles. The summed E-state index contributed by atoms with van der Waals surface area (Å²) in [6, 6.07) is 11.0. The highest BCUT2D eigenvalue weighted by molar-refractivity contribution is 5.49. The largest absolute Gasteiger partial charge is 0.496 e. The first kappa shape index (κ1) is 14.3. The maximum atomic E-state index is 13.7. The fourth-order valence-corrected chi connectivity index (χ4v) is 2.15. The van der Waals surface area contributed by atoms with Crippen LogP contribution in [0.25, 0.3) is 0 Å². The smallest absolute Gasteiger partial charge is 0.149 e. The predicted molar refractivity (Wildman–Crippen MR) is 76.0 cm³/mol. The molecule has 0 aliphatic rings. The summed E-state index contributed by atoms with van der Waals surface area (Å²) in [6.45, 7) is 1.99. The summed E-state index contributed by atoms with van der Waals surface area (Å²) in [5, 5.41) is 3.09. The van der Waals surface area contributed by atoms with E-state index in [4.69, 9.17) is 4.74 Å². The Kier molecular flexibility index (Phi) is 4.56. The third kappa shape index (κ3) is 3.07. The summed E-state index contributed by atoms with van der Waals surface area (Å²) < 4.78 is 32.0. The van der Waals surface area contributed by atoms with Crippen LogP contribution in [0.15, 0.2) is 42.5 Å². The van der Waals surface area contributed by atoms with Crippen LogP contribution in [0.5, 0.6) is 5.75 Å². The summed E-state index contributed by atoms with van der Waals surface area (Å²) in [7, 11) is 1.60. The summed E-state index contributed by atoms with van der Waals surface area (Å²) in [4.78, 5) is 0. The highest BCUT2D eigenvalue weighted by Crippen LogP contribution is 2.30. The number of rotatable bonds is 5. The summed E-state index contributed by atoms with van der Waals surface area (Å²) in [6.07, 6.45) is 0.747. The van der Waals surface area contributed by atoms with Crippen LogP contribution in [-0.4, -0.2) is 7.11 Å². The van der Waals surface area contributed by atoms with Gasteiger partial charge in [0.2, 0.25) is 0 Å². The molecule has 0 saturated carbocycles. The Labute approximate surface area is 117 Å². The van der Waals surface area contributed by atoms with E-state index in [1.54, 1.807) is 7.11 Å². The van der Waals surface area contributed by atoms with Crippen molar-refractivity contribution < 1.29 is 13.5 Å². The lowest BCUT2D eigenvalue weighted by Crippen LogP contribution is -2.12. The van der Waals surface area contributed by atoms with Crippen LogP contribution < -0.4 is 10.1 Å². The van der Waals surface area contributed by atoms with Crippen molar-refractivity contribution in [2.24, 2.45) is 0 Å². The minimum Gasteiger partial charge on any atom is -0.496 e. The summed E-state index contributed by atoms with van der Waals surface area (Å²) >= 11 is 0. The normalized spacial score (nSPS) is 12.0. The van der Waals surface area contributed by atoms with Gasteiger partial charge in [0.25, 0.3) is 0 Å². The molecular formula is C16H17F2NO. The lowest BCUT2D eigenvalue weighted by atomic mass is 10.0. The predicted octanol–water partition coefficient (Wildman–Crippen LogP) is 4.54. The quantitative estimate of drug-likeness (QED) is 0.866. The van der Waals surface area contributed by atoms with E-state index in [9.17, 15) is 8.78 Å². The second-order valence-electron chi connectivity index (χ2n) is 4.47. The van der Waals surface area contributed by atoms with Gasteiger partial charge in [0.05, 0.1) is 18.8 Å². The molecule has 0 amide bonds. The van der Waals surface area contributed by atoms with Gasteiger partial charge >= 0.3 is 0 Å². The van der Waals surface area contributed by atoms with Crippen LogP contribution in [0.2, 0.25) is 0 Å². The van der Waals surface area contributed by atoms with Gasteiger partial charge in [-0.15, -0.1) is 0 Å². The van der Waals surface area contributed by atoms with Crippen LogP contribution >= 0.6 is 0 Å². The fraction of sp³-hybridized carbons (Fsp3) is 0.250. The zero-order chi connectivity index (χ0) is 14.5. The fourth-order valence-electron chi connectivity index (χ4n) is 2.15. The topological polar surface area (TPSA) is 21.3 Å². The minimum absolute atomic E-state index is 0.105. The van der Waals surface area contributed by atoms with Crippen molar-refractivity contribution in [1.82, 2.24) is 0 Å². The Bertz CT molecular complexity index is 586. The third-order valence-electron chi connectivity index (χ3n) is 3.18. The molecule has 0 heterocycles. The average Bonchev–Trinajstić information content (AvgIpc) is 2.46. The van der Waals surface area contributed by atoms with Gasteiger partial charge in [-0.25, -0.2) is 8.78 Å². The molecule has 0 aliphatic heterocycles. The summed E-state index contributed by atoms with van der Waals surface area (Å²) in [5.41, 5.74) is 1.23. The Hall–Kier alpha value is -2.10. The monoisotopic (exact) mass is 277 g/mol. The third-order valence-corrected chi connectivity index (χ3v) is 3.18. The van der Waals surface area contributed by atoms with Crippen LogP contribution in [-0.2, 0) is 0 Å². The number of halogens is 2. The van der Waals surface area contributed by atoms with Crippen molar-refractivity contribution in [2.45, 2.75) is 19.4 Å². The molecule has 1 atom stereocenters. The second kappa shape index (κ2) is 6.37. The van der Waals surface area contributed by atoms with Crippen LogP contribution in [0.1, 0.15) is 24.9 Å². The van der Waals surface area contributed by atoms with E-state index in [-0.39, 0.29) is 11.7 Å². The standard InChI is InChI=1S/C16H17F2NO/c1-3-14(12-6-4-5-7-16(12)20-2)19-15-9-8-11(17)10-13(15)18/h4-10,14,19H,3H2,1-2H3. The summed E-state index contributed by atoms with van der Waals surface area (Å²) in [5.74, 6) is -0.439. The molecular weight excluding hydrogens is 260 g/mol. The van der Waals surface area contributed by atoms with Crippen molar-refractivity contribution >= 4 is 5.69 Å². The van der Waals surface area contributed by atoms with Gasteiger partial charge in [-0.2, -0.15) is 0 Å². The zero-order valence-electron chi connectivity index (χ0n) is 11.5. The van der Waals surface area contributed by atoms with Gasteiger partial charge < -0.3 is 10.1 Å². The number of nitrogens with one attached hydrogen (secondary N) is 1. The van der Waals surface area contributed by atoms with Gasteiger partial charge in [0.1, 0.15) is 17.4 Å². The molecule has 0 fully saturated rings. The van der Waals surface area contributed by atoms with E-state index in [1.165, 1.54) is 12.1 Å². The van der Waals surface area contributed by atoms with Crippen molar-refractivity contribution in [3.63, 3.8) is 0 Å². The van der Waals surface area contributed by atoms with Crippen molar-refractivity contribution in [1.29, 1.82) is 0 Å². The molecule has 0 saturated heterocycles. The molecule has 1 unspecified atom stereocenters. The molecule has 2 aromatic rings. The number of hydrogen-bond donors (Lipinski definition) is 1. The lowest BCUT2D eigenvalue weighted by Gasteiger charge is -2.21. The van der Waals surface area contributed by atoms with E-state index >= 15 is 0 Å². The molecule has 1 N–H and O–H groups in total. The van der Waals surface area contributed by atoms with Crippen LogP contribution in [0.3, 0.4) is 0 Å². The van der Waals surface area contributed by atoms with Gasteiger partial charge in [-0.1, -0.05) is 25.1 Å². The number of hydrogen-bond acceptors (Lipinski definition) is 2. The average molecular weight is 277 g/mol. The van der Waals surface area contributed by atoms with E-state index in [1.807, 2.05) is 31.2 Å². The Balaban J connectivity index is 2.29. The molecule has 2 aromatic carbocycles. The molecule has 2 nitrogen and oxygen atoms in total. The van der Waals surface area contributed by atoms with Crippen LogP contribution in [0.4, 0.5) is 14.5 Å². The number of ether oxygens (including phenoxy) is 1. The van der Waals surface area contributed by atoms with E-state index in [0.717, 1.165) is 23.8 Å². The first-order chi connectivity index (χ1) is 9.65.